The Bertz CT molecular complexity index is 729. The number of carbonyl (C=O) groups excluding carboxylic acids is 1. The fourth-order valence-corrected chi connectivity index (χ4v) is 3.26. The number of ether oxygens (including phenoxy) is 2. The first-order chi connectivity index (χ1) is 11.0. The molecule has 0 radical (unpaired) electrons. The number of rotatable bonds is 3. The Balaban J connectivity index is 2.14. The molecule has 0 unspecified atom stereocenters. The topological polar surface area (TPSA) is 35.5 Å². The molecule has 0 spiro atoms. The van der Waals surface area contributed by atoms with E-state index in [1.165, 1.54) is 0 Å². The van der Waals surface area contributed by atoms with Gasteiger partial charge in [0.05, 0.1) is 13.5 Å². The third kappa shape index (κ3) is 2.83. The summed E-state index contributed by atoms with van der Waals surface area (Å²) in [4.78, 5) is 12.2. The van der Waals surface area contributed by atoms with Gasteiger partial charge in [-0.15, -0.1) is 0 Å². The molecule has 23 heavy (non-hydrogen) atoms. The molecule has 1 aliphatic heterocycles. The third-order valence-corrected chi connectivity index (χ3v) is 4.52. The van der Waals surface area contributed by atoms with E-state index in [0.717, 1.165) is 33.8 Å². The standard InChI is InChI=1S/C20H22O3/c1-12(2)16-10-5-13(3)19-17(11-18(21)23-20(16)19)14-6-8-15(22-4)9-7-14/h5-10,12,17H,11H2,1-4H3/t17-/m0/s1. The molecule has 3 nitrogen and oxygen atoms in total. The molecule has 0 fully saturated rings. The van der Waals surface area contributed by atoms with Crippen LogP contribution in [0.5, 0.6) is 11.5 Å². The summed E-state index contributed by atoms with van der Waals surface area (Å²) in [5.74, 6) is 1.77. The van der Waals surface area contributed by atoms with E-state index in [2.05, 4.69) is 32.9 Å². The minimum absolute atomic E-state index is 0.0378. The van der Waals surface area contributed by atoms with Crippen LogP contribution in [0.2, 0.25) is 0 Å². The molecule has 1 heterocycles. The van der Waals surface area contributed by atoms with Crippen molar-refractivity contribution in [1.29, 1.82) is 0 Å². The summed E-state index contributed by atoms with van der Waals surface area (Å²) in [6.07, 6.45) is 0.377. The van der Waals surface area contributed by atoms with Crippen molar-refractivity contribution in [2.45, 2.75) is 39.0 Å². The highest BCUT2D eigenvalue weighted by molar-refractivity contribution is 5.79. The number of aryl methyl sites for hydroxylation is 1. The molecular weight excluding hydrogens is 288 g/mol. The summed E-state index contributed by atoms with van der Waals surface area (Å²) < 4.78 is 10.9. The zero-order chi connectivity index (χ0) is 16.6. The van der Waals surface area contributed by atoms with Crippen molar-refractivity contribution in [2.75, 3.05) is 7.11 Å². The van der Waals surface area contributed by atoms with Gasteiger partial charge in [0.1, 0.15) is 11.5 Å². The van der Waals surface area contributed by atoms with Crippen LogP contribution in [-0.4, -0.2) is 13.1 Å². The van der Waals surface area contributed by atoms with Crippen molar-refractivity contribution < 1.29 is 14.3 Å². The van der Waals surface area contributed by atoms with Crippen molar-refractivity contribution in [3.8, 4) is 11.5 Å². The van der Waals surface area contributed by atoms with Gasteiger partial charge in [-0.25, -0.2) is 0 Å². The molecule has 0 N–H and O–H groups in total. The summed E-state index contributed by atoms with van der Waals surface area (Å²) in [7, 11) is 1.65. The van der Waals surface area contributed by atoms with Gasteiger partial charge in [-0.3, -0.25) is 4.79 Å². The first-order valence-corrected chi connectivity index (χ1v) is 7.99. The largest absolute Gasteiger partial charge is 0.497 e. The fourth-order valence-electron chi connectivity index (χ4n) is 3.26. The van der Waals surface area contributed by atoms with E-state index in [4.69, 9.17) is 9.47 Å². The quantitative estimate of drug-likeness (QED) is 0.615. The van der Waals surface area contributed by atoms with Crippen molar-refractivity contribution in [2.24, 2.45) is 0 Å². The van der Waals surface area contributed by atoms with Gasteiger partial charge >= 0.3 is 5.97 Å². The molecule has 0 bridgehead atoms. The SMILES string of the molecule is COc1ccc([C@@H]2CC(=O)Oc3c(C(C)C)ccc(C)c32)cc1. The van der Waals surface area contributed by atoms with Gasteiger partial charge in [0.2, 0.25) is 0 Å². The summed E-state index contributed by atoms with van der Waals surface area (Å²) >= 11 is 0. The summed E-state index contributed by atoms with van der Waals surface area (Å²) in [6.45, 7) is 6.32. The zero-order valence-electron chi connectivity index (χ0n) is 14.1. The average molecular weight is 310 g/mol. The predicted molar refractivity (Wildman–Crippen MR) is 90.4 cm³/mol. The lowest BCUT2D eigenvalue weighted by atomic mass is 9.81. The highest BCUT2D eigenvalue weighted by Gasteiger charge is 2.32. The van der Waals surface area contributed by atoms with Crippen LogP contribution in [0.15, 0.2) is 36.4 Å². The maximum Gasteiger partial charge on any atom is 0.312 e. The molecule has 0 aliphatic carbocycles. The normalized spacial score (nSPS) is 16.9. The Morgan fingerprint density at radius 1 is 1.13 bits per heavy atom. The van der Waals surface area contributed by atoms with Crippen LogP contribution in [0.1, 0.15) is 54.4 Å². The number of hydrogen-bond donors (Lipinski definition) is 0. The second-order valence-corrected chi connectivity index (χ2v) is 6.37. The second kappa shape index (κ2) is 6.07. The van der Waals surface area contributed by atoms with E-state index in [0.29, 0.717) is 12.3 Å². The van der Waals surface area contributed by atoms with Crippen LogP contribution in [-0.2, 0) is 4.79 Å². The second-order valence-electron chi connectivity index (χ2n) is 6.37. The molecule has 0 saturated carbocycles. The average Bonchev–Trinajstić information content (AvgIpc) is 2.54. The molecule has 1 aliphatic rings. The van der Waals surface area contributed by atoms with E-state index in [1.807, 2.05) is 24.3 Å². The highest BCUT2D eigenvalue weighted by atomic mass is 16.5. The molecule has 2 aromatic rings. The Kier molecular flexibility index (Phi) is 4.12. The Morgan fingerprint density at radius 2 is 1.83 bits per heavy atom. The smallest absolute Gasteiger partial charge is 0.312 e. The molecule has 3 rings (SSSR count). The van der Waals surface area contributed by atoms with E-state index in [9.17, 15) is 4.79 Å². The first-order valence-electron chi connectivity index (χ1n) is 7.99. The minimum Gasteiger partial charge on any atom is -0.497 e. The van der Waals surface area contributed by atoms with Gasteiger partial charge in [0.25, 0.3) is 0 Å². The molecule has 3 heteroatoms. The van der Waals surface area contributed by atoms with Gasteiger partial charge < -0.3 is 9.47 Å². The zero-order valence-corrected chi connectivity index (χ0v) is 14.1. The number of benzene rings is 2. The van der Waals surface area contributed by atoms with Crippen LogP contribution in [0.4, 0.5) is 0 Å². The molecule has 2 aromatic carbocycles. The van der Waals surface area contributed by atoms with Gasteiger partial charge in [-0.1, -0.05) is 38.1 Å². The lowest BCUT2D eigenvalue weighted by molar-refractivity contribution is -0.135. The number of esters is 1. The Labute approximate surface area is 137 Å². The fraction of sp³-hybridized carbons (Fsp3) is 0.350. The van der Waals surface area contributed by atoms with E-state index < -0.39 is 0 Å². The van der Waals surface area contributed by atoms with Gasteiger partial charge in [-0.05, 0) is 41.7 Å². The number of hydrogen-bond acceptors (Lipinski definition) is 3. The van der Waals surface area contributed by atoms with Crippen molar-refractivity contribution in [3.63, 3.8) is 0 Å². The van der Waals surface area contributed by atoms with Crippen LogP contribution in [0, 0.1) is 6.92 Å². The van der Waals surface area contributed by atoms with Crippen molar-refractivity contribution in [1.82, 2.24) is 0 Å². The maximum atomic E-state index is 12.2. The van der Waals surface area contributed by atoms with Crippen LogP contribution in [0.3, 0.4) is 0 Å². The molecule has 0 aromatic heterocycles. The predicted octanol–water partition coefficient (Wildman–Crippen LogP) is 4.57. The van der Waals surface area contributed by atoms with Crippen molar-refractivity contribution >= 4 is 5.97 Å². The Hall–Kier alpha value is -2.29. The van der Waals surface area contributed by atoms with Crippen LogP contribution in [0.25, 0.3) is 0 Å². The maximum absolute atomic E-state index is 12.2. The van der Waals surface area contributed by atoms with Gasteiger partial charge in [0.15, 0.2) is 0 Å². The van der Waals surface area contributed by atoms with E-state index >= 15 is 0 Å². The monoisotopic (exact) mass is 310 g/mol. The lowest BCUT2D eigenvalue weighted by Gasteiger charge is -2.29. The molecule has 1 atom stereocenters. The molecular formula is C20H22O3. The van der Waals surface area contributed by atoms with Gasteiger partial charge in [-0.2, -0.15) is 0 Å². The minimum atomic E-state index is -0.161. The Morgan fingerprint density at radius 3 is 2.43 bits per heavy atom. The molecule has 0 amide bonds. The summed E-state index contributed by atoms with van der Waals surface area (Å²) in [5.41, 5.74) is 4.52. The van der Waals surface area contributed by atoms with Crippen LogP contribution < -0.4 is 9.47 Å². The number of methoxy groups -OCH3 is 1. The van der Waals surface area contributed by atoms with E-state index in [1.54, 1.807) is 7.11 Å². The number of carbonyl (C=O) groups is 1. The van der Waals surface area contributed by atoms with Crippen molar-refractivity contribution in [3.05, 3.63) is 58.7 Å². The first kappa shape index (κ1) is 15.6. The molecule has 0 saturated heterocycles. The van der Waals surface area contributed by atoms with E-state index in [-0.39, 0.29) is 11.9 Å². The molecule has 120 valence electrons. The summed E-state index contributed by atoms with van der Waals surface area (Å²) in [5, 5.41) is 0. The van der Waals surface area contributed by atoms with Crippen LogP contribution >= 0.6 is 0 Å². The lowest BCUT2D eigenvalue weighted by Crippen LogP contribution is -2.23. The summed E-state index contributed by atoms with van der Waals surface area (Å²) in [6, 6.07) is 12.2. The third-order valence-electron chi connectivity index (χ3n) is 4.52. The van der Waals surface area contributed by atoms with Gasteiger partial charge in [0, 0.05) is 11.5 Å². The highest BCUT2D eigenvalue weighted by Crippen LogP contribution is 2.44. The number of fused-ring (bicyclic) bond motifs is 1.